The number of H-pyrrole nitrogens is 1. The number of pyridine rings is 1. The average molecular weight is 1900 g/mol. The maximum atomic E-state index is 14.7. The Morgan fingerprint density at radius 3 is 2.21 bits per heavy atom. The number of aromatic amines is 1. The standard InChI is InChI=1S/C97H131N19O21/c1-58-14-9-8-10-15-59(2)77(129-6)45-72-16-13-24-97(128,137-72)87(123)92(125)115-26-12-11-17-74(115)93(126)135-78(46-75(118)60(3)39-62(5)85(121)86(122)84(120)61(4)38-58)73(98)41-63-19-21-76(79(42-63)130-7)136-96(127)107-49-65-47-103-95(104-48-65)114-29-28-113(55-71(114)56-117)94-105-51-70(52-106-94)91(124)101-25-31-132-33-35-134-37-36-133-34-32-131-30-23-81(119)112-27-22-66-40-64(18-20-67(66)54-112)53-116-90-82(88(100)108-57-109-90)83(111-116)69-43-68-44-80(99)110-89(68)102-50-69/h8-10,14-15,18,20,39-40,43-44,47-48,50-52,57-58,60-61,63,71-74,76-79,85-86,117,121-122,128H,11-13,16-17,19,21-38,41-42,45-46,49,53-56,98-99H2,1-7H3,(H,101,124)(H,102,110)(H,107,127)(H2,100,108,109)/b10-8?,14-9+,59-15?,62-39+/t58-,60-,61-,63+,71?,72+,73-,74+,76-,77+,78+,79-,85-,86+,97-/m1/s1. The number of alkyl carbamates (subject to hydrolysis) is 1. The summed E-state index contributed by atoms with van der Waals surface area (Å²) in [6.07, 6.45) is 16.2. The topological polar surface area (TPSA) is 539 Å². The number of Topliss-reactive ketones (excluding diaryl/α,β-unsaturated/α-hetero) is 3. The normalized spacial score (nSPS) is 25.9. The minimum atomic E-state index is -2.49. The van der Waals surface area contributed by atoms with Crippen molar-refractivity contribution in [3.63, 3.8) is 0 Å². The Morgan fingerprint density at radius 1 is 0.723 bits per heavy atom. The fourth-order valence-electron chi connectivity index (χ4n) is 18.6. The summed E-state index contributed by atoms with van der Waals surface area (Å²) in [5.74, 6) is -7.44. The number of amides is 4. The van der Waals surface area contributed by atoms with Crippen molar-refractivity contribution < 1.29 is 101 Å². The van der Waals surface area contributed by atoms with Gasteiger partial charge in [-0.15, -0.1) is 0 Å². The highest BCUT2D eigenvalue weighted by molar-refractivity contribution is 6.39. The van der Waals surface area contributed by atoms with Gasteiger partial charge < -0.3 is 115 Å². The van der Waals surface area contributed by atoms with Crippen LogP contribution in [0.3, 0.4) is 0 Å². The molecule has 2 bridgehead atoms. The van der Waals surface area contributed by atoms with Gasteiger partial charge in [0.05, 0.1) is 108 Å². The number of nitrogen functional groups attached to an aromatic ring is 2. The van der Waals surface area contributed by atoms with E-state index in [1.165, 1.54) is 44.4 Å². The van der Waals surface area contributed by atoms with Crippen LogP contribution in [0.4, 0.5) is 28.3 Å². The molecule has 13 N–H and O–H groups in total. The molecule has 1 aliphatic carbocycles. The maximum Gasteiger partial charge on any atom is 0.407 e. The zero-order valence-electron chi connectivity index (χ0n) is 79.0. The van der Waals surface area contributed by atoms with E-state index in [2.05, 4.69) is 68.7 Å². The molecule has 5 aliphatic heterocycles. The molecule has 15 atom stereocenters. The van der Waals surface area contributed by atoms with Crippen LogP contribution in [0.2, 0.25) is 0 Å². The number of rotatable bonds is 30. The Kier molecular flexibility index (Phi) is 36.9. The number of cyclic esters (lactones) is 1. The van der Waals surface area contributed by atoms with Gasteiger partial charge in [-0.1, -0.05) is 75.4 Å². The van der Waals surface area contributed by atoms with Crippen LogP contribution >= 0.6 is 0 Å². The lowest BCUT2D eigenvalue weighted by Gasteiger charge is -2.40. The van der Waals surface area contributed by atoms with Crippen molar-refractivity contribution in [2.24, 2.45) is 29.4 Å². The number of nitrogens with zero attached hydrogens (tertiary/aromatic N) is 13. The molecule has 740 valence electrons. The van der Waals surface area contributed by atoms with E-state index in [1.807, 2.05) is 75.7 Å². The monoisotopic (exact) mass is 1900 g/mol. The first-order valence-electron chi connectivity index (χ1n) is 47.3. The summed E-state index contributed by atoms with van der Waals surface area (Å²) >= 11 is 0. The number of benzene rings is 1. The molecule has 1 unspecified atom stereocenters. The molecular weight excluding hydrogens is 1770 g/mol. The van der Waals surface area contributed by atoms with Gasteiger partial charge in [-0.3, -0.25) is 28.8 Å². The number of piperidine rings is 1. The van der Waals surface area contributed by atoms with Crippen LogP contribution in [0.1, 0.15) is 157 Å². The highest BCUT2D eigenvalue weighted by atomic mass is 16.6. The lowest BCUT2D eigenvalue weighted by molar-refractivity contribution is -0.245. The number of hydrogen-bond donors (Lipinski definition) is 10. The molecule has 40 nitrogen and oxygen atoms in total. The number of aliphatic hydroxyl groups excluding tert-OH is 3. The van der Waals surface area contributed by atoms with E-state index in [9.17, 15) is 58.8 Å². The van der Waals surface area contributed by atoms with Gasteiger partial charge in [0.25, 0.3) is 17.6 Å². The highest BCUT2D eigenvalue weighted by Crippen LogP contribution is 2.38. The lowest BCUT2D eigenvalue weighted by atomic mass is 9.80. The number of nitrogens with two attached hydrogens (primary N) is 3. The first-order valence-corrected chi connectivity index (χ1v) is 47.3. The molecule has 40 heteroatoms. The molecule has 6 aliphatic rings. The third-order valence-corrected chi connectivity index (χ3v) is 26.4. The van der Waals surface area contributed by atoms with Crippen LogP contribution in [0.25, 0.3) is 33.3 Å². The SMILES string of the molecule is CO[C@H]1C[C@@H]2CCC[C@@](O)(O2)C(=O)C(=O)N2CCCC[C@H]2C(=O)O[C@H]([C@H](N)C[C@@H]2CC[C@@H](OC(=O)NCc3cnc(N4CCN(c5ncc(C(=O)NCCOCCOCCOCCOCCC(=O)N6CCc7cc(Cn8nc(-c9cnc%10[nH]c(N)cc%10c9)c9c(N)ncnc98)ccc7C6)cn5)CC4CO)nc3)[C@H](OC)C2)CC(=O)[C@H](C)/C=C(\C)[C@@H](O)[C@@H](O)C(=O)[C@H](C)C[C@H](C)/C=C/C=CC=C1C. The minimum absolute atomic E-state index is 0.00920. The summed E-state index contributed by atoms with van der Waals surface area (Å²) in [5, 5.41) is 57.1. The van der Waals surface area contributed by atoms with Gasteiger partial charge in [0.15, 0.2) is 11.4 Å². The number of anilines is 4. The van der Waals surface area contributed by atoms with E-state index in [1.54, 1.807) is 39.5 Å². The summed E-state index contributed by atoms with van der Waals surface area (Å²) in [6.45, 7) is 13.8. The van der Waals surface area contributed by atoms with E-state index in [4.69, 9.17) is 64.9 Å². The van der Waals surface area contributed by atoms with Gasteiger partial charge in [-0.05, 0) is 136 Å². The average Bonchev–Trinajstić information content (AvgIpc) is 1.63. The molecule has 1 saturated carbocycles. The number of aromatic nitrogens is 10. The Hall–Kier alpha value is -11.5. The molecule has 11 heterocycles. The molecule has 0 spiro atoms. The molecule has 7 aromatic rings. The number of allylic oxidation sites excluding steroid dienone is 6. The molecule has 1 aromatic carbocycles. The van der Waals surface area contributed by atoms with Crippen LogP contribution in [-0.4, -0.2) is 307 Å². The van der Waals surface area contributed by atoms with Crippen molar-refractivity contribution in [1.29, 1.82) is 0 Å². The Bertz CT molecular complexity index is 5420. The summed E-state index contributed by atoms with van der Waals surface area (Å²) in [7, 11) is 3.04. The zero-order valence-corrected chi connectivity index (χ0v) is 79.0. The van der Waals surface area contributed by atoms with E-state index >= 15 is 0 Å². The van der Waals surface area contributed by atoms with Crippen LogP contribution in [-0.2, 0) is 97.5 Å². The number of carbonyl (C=O) groups is 8. The number of hydrogen-bond acceptors (Lipinski definition) is 34. The smallest absolute Gasteiger partial charge is 0.407 e. The zero-order chi connectivity index (χ0) is 97.4. The fourth-order valence-corrected chi connectivity index (χ4v) is 18.6. The van der Waals surface area contributed by atoms with Crippen molar-refractivity contribution >= 4 is 92.7 Å². The number of carbonyl (C=O) groups excluding carboxylic acids is 8. The largest absolute Gasteiger partial charge is 0.459 e. The first kappa shape index (κ1) is 103. The van der Waals surface area contributed by atoms with Gasteiger partial charge >= 0.3 is 12.1 Å². The second kappa shape index (κ2) is 49.2. The third kappa shape index (κ3) is 27.3. The summed E-state index contributed by atoms with van der Waals surface area (Å²) in [6, 6.07) is 7.32. The van der Waals surface area contributed by atoms with Crippen LogP contribution in [0.5, 0.6) is 0 Å². The van der Waals surface area contributed by atoms with Crippen LogP contribution < -0.4 is 37.6 Å². The van der Waals surface area contributed by atoms with Gasteiger partial charge in [0.2, 0.25) is 23.6 Å². The Balaban J connectivity index is 0.497. The fraction of sp³-hybridized carbons (Fsp3) is 0.567. The number of ketones is 3. The number of esters is 1. The molecule has 6 aromatic heterocycles. The predicted octanol–water partition coefficient (Wildman–Crippen LogP) is 5.84. The van der Waals surface area contributed by atoms with E-state index in [0.29, 0.717) is 188 Å². The van der Waals surface area contributed by atoms with E-state index in [0.717, 1.165) is 32.5 Å². The molecule has 3 saturated heterocycles. The van der Waals surface area contributed by atoms with Crippen molar-refractivity contribution in [3.05, 3.63) is 143 Å². The molecule has 0 radical (unpaired) electrons. The Morgan fingerprint density at radius 2 is 1.47 bits per heavy atom. The first-order chi connectivity index (χ1) is 66.0. The van der Waals surface area contributed by atoms with Crippen molar-refractivity contribution in [2.75, 3.05) is 134 Å². The number of nitrogens with one attached hydrogen (secondary N) is 3. The molecule has 13 rings (SSSR count). The van der Waals surface area contributed by atoms with Crippen LogP contribution in [0, 0.1) is 23.7 Å². The second-order valence-corrected chi connectivity index (χ2v) is 36.4. The number of ether oxygens (including phenoxy) is 9. The van der Waals surface area contributed by atoms with Crippen molar-refractivity contribution in [3.8, 4) is 11.3 Å². The predicted molar refractivity (Wildman–Crippen MR) is 504 cm³/mol. The number of fused-ring (bicyclic) bond motifs is 6. The highest BCUT2D eigenvalue weighted by Gasteiger charge is 2.50. The van der Waals surface area contributed by atoms with Gasteiger partial charge in [0.1, 0.15) is 65.5 Å². The Labute approximate surface area is 795 Å². The van der Waals surface area contributed by atoms with Gasteiger partial charge in [-0.2, -0.15) is 5.10 Å². The van der Waals surface area contributed by atoms with Gasteiger partial charge in [-0.25, -0.2) is 49.2 Å². The van der Waals surface area contributed by atoms with Crippen LogP contribution in [0.15, 0.2) is 115 Å². The molecular formula is C97H131N19O21. The third-order valence-electron chi connectivity index (χ3n) is 26.4. The summed E-state index contributed by atoms with van der Waals surface area (Å²) < 4.78 is 54.5. The summed E-state index contributed by atoms with van der Waals surface area (Å²) in [5.41, 5.74) is 27.2. The summed E-state index contributed by atoms with van der Waals surface area (Å²) in [4.78, 5) is 152. The molecule has 4 amide bonds. The lowest BCUT2D eigenvalue weighted by Crippen LogP contribution is -2.58. The number of aliphatic hydroxyl groups is 4. The van der Waals surface area contributed by atoms with Gasteiger partial charge in [0, 0.05) is 151 Å². The maximum absolute atomic E-state index is 14.7. The van der Waals surface area contributed by atoms with Crippen molar-refractivity contribution in [1.82, 2.24) is 70.1 Å². The van der Waals surface area contributed by atoms with E-state index < -0.39 is 120 Å². The molecule has 137 heavy (non-hydrogen) atoms. The quantitative estimate of drug-likeness (QED) is 0.0109. The minimum Gasteiger partial charge on any atom is -0.459 e. The second-order valence-electron chi connectivity index (χ2n) is 36.4. The number of methoxy groups -OCH3 is 2. The molecule has 4 fully saturated rings. The van der Waals surface area contributed by atoms with E-state index in [-0.39, 0.29) is 106 Å². The van der Waals surface area contributed by atoms with Crippen molar-refractivity contribution in [2.45, 2.75) is 217 Å². The number of piperazine rings is 1.